The van der Waals surface area contributed by atoms with Gasteiger partial charge in [-0.3, -0.25) is 14.4 Å². The molecule has 0 atom stereocenters. The first kappa shape index (κ1) is 23.8. The third-order valence-electron chi connectivity index (χ3n) is 5.84. The second kappa shape index (κ2) is 10.7. The normalized spacial score (nSPS) is 13.2. The van der Waals surface area contributed by atoms with Gasteiger partial charge in [-0.2, -0.15) is 0 Å². The minimum atomic E-state index is -0.428. The SMILES string of the molecule is COc1ccc(NC(=O)c2ccc(N3CCCCC3=O)cc2)c(C(=O)Nc2ccccc2OC)c1. The fraction of sp³-hybridized carbons (Fsp3) is 0.222. The Kier molecular flexibility index (Phi) is 7.30. The van der Waals surface area contributed by atoms with Crippen molar-refractivity contribution in [2.24, 2.45) is 0 Å². The number of hydrogen-bond acceptors (Lipinski definition) is 5. The van der Waals surface area contributed by atoms with E-state index in [4.69, 9.17) is 9.47 Å². The molecule has 3 aromatic rings. The van der Waals surface area contributed by atoms with Crippen LogP contribution in [0.2, 0.25) is 0 Å². The lowest BCUT2D eigenvalue weighted by Gasteiger charge is -2.26. The summed E-state index contributed by atoms with van der Waals surface area (Å²) < 4.78 is 10.6. The molecular weight excluding hydrogens is 446 g/mol. The van der Waals surface area contributed by atoms with Gasteiger partial charge in [0.25, 0.3) is 11.8 Å². The maximum absolute atomic E-state index is 13.1. The van der Waals surface area contributed by atoms with Crippen LogP contribution in [0.3, 0.4) is 0 Å². The number of carbonyl (C=O) groups is 3. The van der Waals surface area contributed by atoms with Gasteiger partial charge in [0.15, 0.2) is 0 Å². The van der Waals surface area contributed by atoms with Crippen LogP contribution in [0.4, 0.5) is 17.1 Å². The maximum Gasteiger partial charge on any atom is 0.258 e. The van der Waals surface area contributed by atoms with Crippen molar-refractivity contribution >= 4 is 34.8 Å². The number of methoxy groups -OCH3 is 2. The van der Waals surface area contributed by atoms with E-state index < -0.39 is 5.91 Å². The molecule has 2 N–H and O–H groups in total. The highest BCUT2D eigenvalue weighted by atomic mass is 16.5. The zero-order chi connectivity index (χ0) is 24.8. The van der Waals surface area contributed by atoms with Crippen LogP contribution >= 0.6 is 0 Å². The Labute approximate surface area is 203 Å². The molecule has 1 aliphatic rings. The average Bonchev–Trinajstić information content (AvgIpc) is 2.89. The van der Waals surface area contributed by atoms with Gasteiger partial charge >= 0.3 is 0 Å². The van der Waals surface area contributed by atoms with Crippen LogP contribution in [0.1, 0.15) is 40.0 Å². The van der Waals surface area contributed by atoms with E-state index >= 15 is 0 Å². The predicted molar refractivity (Wildman–Crippen MR) is 135 cm³/mol. The summed E-state index contributed by atoms with van der Waals surface area (Å²) in [5, 5.41) is 5.64. The third kappa shape index (κ3) is 5.43. The molecule has 8 heteroatoms. The molecule has 0 saturated carbocycles. The molecular formula is C27H27N3O5. The summed E-state index contributed by atoms with van der Waals surface area (Å²) in [6.07, 6.45) is 2.41. The van der Waals surface area contributed by atoms with Crippen LogP contribution in [-0.4, -0.2) is 38.5 Å². The Balaban J connectivity index is 1.54. The molecule has 8 nitrogen and oxygen atoms in total. The summed E-state index contributed by atoms with van der Waals surface area (Å²) in [5.41, 5.74) is 2.25. The summed E-state index contributed by atoms with van der Waals surface area (Å²) >= 11 is 0. The van der Waals surface area contributed by atoms with E-state index in [1.165, 1.54) is 14.2 Å². The van der Waals surface area contributed by atoms with Gasteiger partial charge in [-0.1, -0.05) is 12.1 Å². The zero-order valence-electron chi connectivity index (χ0n) is 19.7. The number of benzene rings is 3. The van der Waals surface area contributed by atoms with Crippen LogP contribution in [0, 0.1) is 0 Å². The Morgan fingerprint density at radius 2 is 1.57 bits per heavy atom. The lowest BCUT2D eigenvalue weighted by Crippen LogP contribution is -2.35. The number of carbonyl (C=O) groups excluding carboxylic acids is 3. The summed E-state index contributed by atoms with van der Waals surface area (Å²) in [6.45, 7) is 0.681. The van der Waals surface area contributed by atoms with Crippen LogP contribution in [0.25, 0.3) is 0 Å². The van der Waals surface area contributed by atoms with Crippen LogP contribution in [0.5, 0.6) is 11.5 Å². The van der Waals surface area contributed by atoms with Crippen LogP contribution in [-0.2, 0) is 4.79 Å². The Bertz CT molecular complexity index is 1240. The molecule has 0 unspecified atom stereocenters. The Morgan fingerprint density at radius 3 is 2.29 bits per heavy atom. The Hall–Kier alpha value is -4.33. The van der Waals surface area contributed by atoms with Gasteiger partial charge in [0.1, 0.15) is 11.5 Å². The van der Waals surface area contributed by atoms with E-state index in [0.717, 1.165) is 18.5 Å². The second-order valence-corrected chi connectivity index (χ2v) is 8.07. The molecule has 3 aromatic carbocycles. The number of nitrogens with zero attached hydrogens (tertiary/aromatic N) is 1. The number of ether oxygens (including phenoxy) is 2. The first-order chi connectivity index (χ1) is 17.0. The molecule has 1 heterocycles. The monoisotopic (exact) mass is 473 g/mol. The summed E-state index contributed by atoms with van der Waals surface area (Å²) in [6, 6.07) is 18.8. The molecule has 3 amide bonds. The first-order valence-electron chi connectivity index (χ1n) is 11.3. The van der Waals surface area contributed by atoms with Gasteiger partial charge in [-0.05, 0) is 67.4 Å². The standard InChI is InChI=1S/C27H27N3O5/c1-34-20-14-15-22(21(17-20)27(33)29-23-7-3-4-8-24(23)35-2)28-26(32)18-10-12-19(13-11-18)30-16-6-5-9-25(30)31/h3-4,7-8,10-15,17H,5-6,9,16H2,1-2H3,(H,28,32)(H,29,33). The summed E-state index contributed by atoms with van der Waals surface area (Å²) in [7, 11) is 3.03. The third-order valence-corrected chi connectivity index (χ3v) is 5.84. The zero-order valence-corrected chi connectivity index (χ0v) is 19.7. The van der Waals surface area contributed by atoms with Gasteiger partial charge in [-0.25, -0.2) is 0 Å². The van der Waals surface area contributed by atoms with E-state index in [2.05, 4.69) is 10.6 Å². The van der Waals surface area contributed by atoms with Crippen molar-refractivity contribution in [1.29, 1.82) is 0 Å². The second-order valence-electron chi connectivity index (χ2n) is 8.07. The molecule has 0 bridgehead atoms. The van der Waals surface area contributed by atoms with E-state index in [9.17, 15) is 14.4 Å². The maximum atomic E-state index is 13.1. The largest absolute Gasteiger partial charge is 0.497 e. The van der Waals surface area contributed by atoms with Crippen molar-refractivity contribution in [3.05, 3.63) is 77.9 Å². The molecule has 0 radical (unpaired) electrons. The van der Waals surface area contributed by atoms with Gasteiger partial charge in [0.05, 0.1) is 31.2 Å². The molecule has 0 aromatic heterocycles. The fourth-order valence-corrected chi connectivity index (χ4v) is 3.95. The minimum absolute atomic E-state index is 0.0948. The summed E-state index contributed by atoms with van der Waals surface area (Å²) in [5.74, 6) is 0.281. The van der Waals surface area contributed by atoms with Crippen molar-refractivity contribution in [3.63, 3.8) is 0 Å². The Morgan fingerprint density at radius 1 is 0.829 bits per heavy atom. The highest BCUT2D eigenvalue weighted by Gasteiger charge is 2.21. The van der Waals surface area contributed by atoms with Crippen molar-refractivity contribution in [3.8, 4) is 11.5 Å². The molecule has 1 saturated heterocycles. The number of para-hydroxylation sites is 2. The lowest BCUT2D eigenvalue weighted by molar-refractivity contribution is -0.119. The molecule has 0 aliphatic carbocycles. The predicted octanol–water partition coefficient (Wildman–Crippen LogP) is 4.73. The lowest BCUT2D eigenvalue weighted by atomic mass is 10.1. The first-order valence-corrected chi connectivity index (χ1v) is 11.3. The smallest absolute Gasteiger partial charge is 0.258 e. The molecule has 180 valence electrons. The average molecular weight is 474 g/mol. The van der Waals surface area contributed by atoms with E-state index in [-0.39, 0.29) is 17.4 Å². The molecule has 35 heavy (non-hydrogen) atoms. The van der Waals surface area contributed by atoms with Crippen LogP contribution < -0.4 is 25.0 Å². The highest BCUT2D eigenvalue weighted by molar-refractivity contribution is 6.13. The van der Waals surface area contributed by atoms with Crippen molar-refractivity contribution in [2.45, 2.75) is 19.3 Å². The number of nitrogens with one attached hydrogen (secondary N) is 2. The van der Waals surface area contributed by atoms with Gasteiger partial charge in [0, 0.05) is 24.2 Å². The number of hydrogen-bond donors (Lipinski definition) is 2. The van der Waals surface area contributed by atoms with E-state index in [0.29, 0.717) is 41.4 Å². The number of piperidine rings is 1. The summed E-state index contributed by atoms with van der Waals surface area (Å²) in [4.78, 5) is 40.0. The molecule has 1 fully saturated rings. The molecule has 4 rings (SSSR count). The van der Waals surface area contributed by atoms with E-state index in [1.807, 2.05) is 0 Å². The number of anilines is 3. The highest BCUT2D eigenvalue weighted by Crippen LogP contribution is 2.28. The van der Waals surface area contributed by atoms with Crippen molar-refractivity contribution in [2.75, 3.05) is 36.3 Å². The number of amides is 3. The van der Waals surface area contributed by atoms with Crippen LogP contribution in [0.15, 0.2) is 66.7 Å². The minimum Gasteiger partial charge on any atom is -0.497 e. The van der Waals surface area contributed by atoms with Gasteiger partial charge < -0.3 is 25.0 Å². The number of rotatable bonds is 7. The van der Waals surface area contributed by atoms with E-state index in [1.54, 1.807) is 71.6 Å². The fourth-order valence-electron chi connectivity index (χ4n) is 3.95. The topological polar surface area (TPSA) is 97.0 Å². The van der Waals surface area contributed by atoms with Crippen molar-refractivity contribution in [1.82, 2.24) is 0 Å². The quantitative estimate of drug-likeness (QED) is 0.517. The van der Waals surface area contributed by atoms with Gasteiger partial charge in [0.2, 0.25) is 5.91 Å². The molecule has 0 spiro atoms. The molecule has 1 aliphatic heterocycles. The van der Waals surface area contributed by atoms with Gasteiger partial charge in [-0.15, -0.1) is 0 Å². The van der Waals surface area contributed by atoms with Crippen molar-refractivity contribution < 1.29 is 23.9 Å².